The molecule has 1 amide bonds. The van der Waals surface area contributed by atoms with Gasteiger partial charge in [-0.1, -0.05) is 18.2 Å². The lowest BCUT2D eigenvalue weighted by Gasteiger charge is -2.32. The summed E-state index contributed by atoms with van der Waals surface area (Å²) in [6.07, 6.45) is 2.04. The molecule has 0 N–H and O–H groups in total. The van der Waals surface area contributed by atoms with E-state index in [4.69, 9.17) is 16.3 Å². The summed E-state index contributed by atoms with van der Waals surface area (Å²) in [5.74, 6) is 0.906. The Labute approximate surface area is 106 Å². The first-order chi connectivity index (χ1) is 8.29. The number of alkyl halides is 1. The third-order valence-electron chi connectivity index (χ3n) is 2.89. The summed E-state index contributed by atoms with van der Waals surface area (Å²) in [5.41, 5.74) is 0. The number of nitrogens with zero attached hydrogens (tertiary/aromatic N) is 1. The predicted molar refractivity (Wildman–Crippen MR) is 67.4 cm³/mol. The summed E-state index contributed by atoms with van der Waals surface area (Å²) in [4.78, 5) is 13.3. The standard InChI is InChI=1S/C13H16ClNO2/c14-9-13(16)15-8-4-7-12(10-15)17-11-5-2-1-3-6-11/h1-3,5-6,12H,4,7-10H2/t12-/m0/s1. The number of carbonyl (C=O) groups is 1. The molecule has 1 aromatic carbocycles. The van der Waals surface area contributed by atoms with Crippen LogP contribution in [0.5, 0.6) is 5.75 Å². The van der Waals surface area contributed by atoms with Crippen LogP contribution < -0.4 is 4.74 Å². The van der Waals surface area contributed by atoms with Gasteiger partial charge in [-0.3, -0.25) is 4.79 Å². The molecular formula is C13H16ClNO2. The Morgan fingerprint density at radius 3 is 2.88 bits per heavy atom. The Bertz CT molecular complexity index is 369. The maximum absolute atomic E-state index is 11.5. The lowest BCUT2D eigenvalue weighted by Crippen LogP contribution is -2.44. The van der Waals surface area contributed by atoms with Crippen molar-refractivity contribution in [2.45, 2.75) is 18.9 Å². The molecule has 0 spiro atoms. The number of hydrogen-bond donors (Lipinski definition) is 0. The number of hydrogen-bond acceptors (Lipinski definition) is 2. The third kappa shape index (κ3) is 3.37. The second-order valence-corrected chi connectivity index (χ2v) is 4.44. The highest BCUT2D eigenvalue weighted by atomic mass is 35.5. The number of amides is 1. The summed E-state index contributed by atoms with van der Waals surface area (Å²) in [5, 5.41) is 0. The molecule has 17 heavy (non-hydrogen) atoms. The van der Waals surface area contributed by atoms with Crippen LogP contribution in [0.15, 0.2) is 30.3 Å². The first-order valence-corrected chi connectivity index (χ1v) is 6.38. The zero-order chi connectivity index (χ0) is 12.1. The Hall–Kier alpha value is -1.22. The fraction of sp³-hybridized carbons (Fsp3) is 0.462. The molecule has 1 atom stereocenters. The number of piperidine rings is 1. The minimum absolute atomic E-state index is 0.00646. The Morgan fingerprint density at radius 1 is 1.41 bits per heavy atom. The molecule has 0 bridgehead atoms. The molecule has 4 heteroatoms. The summed E-state index contributed by atoms with van der Waals surface area (Å²) < 4.78 is 5.84. The molecule has 92 valence electrons. The van der Waals surface area contributed by atoms with E-state index < -0.39 is 0 Å². The van der Waals surface area contributed by atoms with Crippen molar-refractivity contribution in [1.29, 1.82) is 0 Å². The third-order valence-corrected chi connectivity index (χ3v) is 3.12. The highest BCUT2D eigenvalue weighted by Gasteiger charge is 2.24. The van der Waals surface area contributed by atoms with Gasteiger partial charge in [0.15, 0.2) is 0 Å². The maximum Gasteiger partial charge on any atom is 0.237 e. The van der Waals surface area contributed by atoms with E-state index in [1.807, 2.05) is 30.3 Å². The van der Waals surface area contributed by atoms with Gasteiger partial charge in [0.2, 0.25) is 5.91 Å². The van der Waals surface area contributed by atoms with Crippen LogP contribution in [-0.2, 0) is 4.79 Å². The predicted octanol–water partition coefficient (Wildman–Crippen LogP) is 2.30. The SMILES string of the molecule is O=C(CCl)N1CCC[C@H](Oc2ccccc2)C1. The zero-order valence-electron chi connectivity index (χ0n) is 9.64. The number of rotatable bonds is 3. The van der Waals surface area contributed by atoms with Crippen LogP contribution >= 0.6 is 11.6 Å². The van der Waals surface area contributed by atoms with Gasteiger partial charge < -0.3 is 9.64 Å². The van der Waals surface area contributed by atoms with Gasteiger partial charge in [-0.2, -0.15) is 0 Å². The van der Waals surface area contributed by atoms with Crippen molar-refractivity contribution in [2.75, 3.05) is 19.0 Å². The van der Waals surface area contributed by atoms with Crippen molar-refractivity contribution >= 4 is 17.5 Å². The molecule has 0 unspecified atom stereocenters. The van der Waals surface area contributed by atoms with Crippen LogP contribution in [-0.4, -0.2) is 35.9 Å². The number of para-hydroxylation sites is 1. The fourth-order valence-electron chi connectivity index (χ4n) is 2.04. The first kappa shape index (κ1) is 12.2. The fourth-order valence-corrected chi connectivity index (χ4v) is 2.21. The molecule has 0 aliphatic carbocycles. The Kier molecular flexibility index (Phi) is 4.26. The molecule has 3 nitrogen and oxygen atoms in total. The number of likely N-dealkylation sites (tertiary alicyclic amines) is 1. The lowest BCUT2D eigenvalue weighted by molar-refractivity contribution is -0.131. The maximum atomic E-state index is 11.5. The molecule has 0 radical (unpaired) electrons. The minimum Gasteiger partial charge on any atom is -0.489 e. The van der Waals surface area contributed by atoms with Gasteiger partial charge >= 0.3 is 0 Å². The van der Waals surface area contributed by atoms with Crippen molar-refractivity contribution in [3.8, 4) is 5.75 Å². The van der Waals surface area contributed by atoms with Gasteiger partial charge in [-0.05, 0) is 25.0 Å². The summed E-state index contributed by atoms with van der Waals surface area (Å²) in [7, 11) is 0. The molecule has 1 aliphatic heterocycles. The molecular weight excluding hydrogens is 238 g/mol. The van der Waals surface area contributed by atoms with E-state index in [0.717, 1.165) is 25.1 Å². The van der Waals surface area contributed by atoms with Gasteiger partial charge in [-0.15, -0.1) is 11.6 Å². The van der Waals surface area contributed by atoms with Crippen molar-refractivity contribution in [3.63, 3.8) is 0 Å². The summed E-state index contributed by atoms with van der Waals surface area (Å²) in [6.45, 7) is 1.43. The topological polar surface area (TPSA) is 29.5 Å². The highest BCUT2D eigenvalue weighted by Crippen LogP contribution is 2.18. The van der Waals surface area contributed by atoms with Crippen LogP contribution in [0.4, 0.5) is 0 Å². The second-order valence-electron chi connectivity index (χ2n) is 4.17. The Morgan fingerprint density at radius 2 is 2.18 bits per heavy atom. The Balaban J connectivity index is 1.92. The number of carbonyl (C=O) groups excluding carboxylic acids is 1. The first-order valence-electron chi connectivity index (χ1n) is 5.85. The van der Waals surface area contributed by atoms with Crippen molar-refractivity contribution < 1.29 is 9.53 Å². The van der Waals surface area contributed by atoms with Crippen molar-refractivity contribution in [2.24, 2.45) is 0 Å². The van der Waals surface area contributed by atoms with Gasteiger partial charge in [0.25, 0.3) is 0 Å². The van der Waals surface area contributed by atoms with Crippen molar-refractivity contribution in [3.05, 3.63) is 30.3 Å². The van der Waals surface area contributed by atoms with Crippen LogP contribution in [0.3, 0.4) is 0 Å². The van der Waals surface area contributed by atoms with E-state index in [1.54, 1.807) is 4.90 Å². The van der Waals surface area contributed by atoms with Crippen LogP contribution in [0, 0.1) is 0 Å². The van der Waals surface area contributed by atoms with Gasteiger partial charge in [0, 0.05) is 6.54 Å². The van der Waals surface area contributed by atoms with E-state index >= 15 is 0 Å². The van der Waals surface area contributed by atoms with E-state index in [0.29, 0.717) is 6.54 Å². The number of ether oxygens (including phenoxy) is 1. The average molecular weight is 254 g/mol. The quantitative estimate of drug-likeness (QED) is 0.774. The van der Waals surface area contributed by atoms with Gasteiger partial charge in [0.05, 0.1) is 6.54 Å². The van der Waals surface area contributed by atoms with Crippen LogP contribution in [0.1, 0.15) is 12.8 Å². The largest absolute Gasteiger partial charge is 0.489 e. The van der Waals surface area contributed by atoms with Crippen LogP contribution in [0.25, 0.3) is 0 Å². The molecule has 1 saturated heterocycles. The molecule has 1 fully saturated rings. The monoisotopic (exact) mass is 253 g/mol. The molecule has 1 aliphatic rings. The normalized spacial score (nSPS) is 20.1. The zero-order valence-corrected chi connectivity index (χ0v) is 10.4. The van der Waals surface area contributed by atoms with Crippen LogP contribution in [0.2, 0.25) is 0 Å². The number of benzene rings is 1. The van der Waals surface area contributed by atoms with Gasteiger partial charge in [-0.25, -0.2) is 0 Å². The average Bonchev–Trinajstić information content (AvgIpc) is 2.39. The van der Waals surface area contributed by atoms with E-state index in [-0.39, 0.29) is 17.9 Å². The van der Waals surface area contributed by atoms with Crippen molar-refractivity contribution in [1.82, 2.24) is 4.90 Å². The second kappa shape index (κ2) is 5.92. The van der Waals surface area contributed by atoms with E-state index in [9.17, 15) is 4.79 Å². The lowest BCUT2D eigenvalue weighted by atomic mass is 10.1. The minimum atomic E-state index is -0.00646. The highest BCUT2D eigenvalue weighted by molar-refractivity contribution is 6.27. The number of halogens is 1. The molecule has 0 aromatic heterocycles. The molecule has 2 rings (SSSR count). The molecule has 1 heterocycles. The summed E-state index contributed by atoms with van der Waals surface area (Å²) in [6, 6.07) is 9.71. The van der Waals surface area contributed by atoms with E-state index in [2.05, 4.69) is 0 Å². The molecule has 0 saturated carbocycles. The smallest absolute Gasteiger partial charge is 0.237 e. The van der Waals surface area contributed by atoms with Gasteiger partial charge in [0.1, 0.15) is 17.7 Å². The summed E-state index contributed by atoms with van der Waals surface area (Å²) >= 11 is 5.56. The van der Waals surface area contributed by atoms with E-state index in [1.165, 1.54) is 0 Å². The molecule has 1 aromatic rings.